The number of ether oxygens (including phenoxy) is 1. The summed E-state index contributed by atoms with van der Waals surface area (Å²) in [6, 6.07) is 4.68. The predicted molar refractivity (Wildman–Crippen MR) is 63.0 cm³/mol. The maximum atomic E-state index is 9.88. The summed E-state index contributed by atoms with van der Waals surface area (Å²) in [5.41, 5.74) is 8.48. The summed E-state index contributed by atoms with van der Waals surface area (Å²) >= 11 is 5.80. The van der Waals surface area contributed by atoms with Crippen LogP contribution in [0.1, 0.15) is 11.7 Å². The minimum Gasteiger partial charge on any atom is -0.496 e. The van der Waals surface area contributed by atoms with E-state index in [-0.39, 0.29) is 6.54 Å². The zero-order valence-corrected chi connectivity index (χ0v) is 9.87. The van der Waals surface area contributed by atoms with E-state index in [0.29, 0.717) is 16.3 Å². The van der Waals surface area contributed by atoms with Crippen molar-refractivity contribution in [3.63, 3.8) is 0 Å². The average molecular weight is 258 g/mol. The summed E-state index contributed by atoms with van der Waals surface area (Å²) in [4.78, 5) is 2.51. The number of rotatable bonds is 5. The Hall–Kier alpha value is -1.46. The van der Waals surface area contributed by atoms with Crippen molar-refractivity contribution in [1.29, 1.82) is 0 Å². The van der Waals surface area contributed by atoms with E-state index in [4.69, 9.17) is 21.9 Å². The van der Waals surface area contributed by atoms with Crippen LogP contribution < -0.4 is 4.74 Å². The van der Waals surface area contributed by atoms with E-state index in [1.807, 2.05) is 0 Å². The summed E-state index contributed by atoms with van der Waals surface area (Å²) < 4.78 is 5.04. The third-order valence-electron chi connectivity index (χ3n) is 2.21. The van der Waals surface area contributed by atoms with Crippen molar-refractivity contribution in [1.82, 2.24) is 0 Å². The van der Waals surface area contributed by atoms with Gasteiger partial charge >= 0.3 is 0 Å². The molecule has 0 amide bonds. The molecule has 2 unspecified atom stereocenters. The Morgan fingerprint density at radius 3 is 2.82 bits per heavy atom. The Bertz CT molecular complexity index is 435. The lowest BCUT2D eigenvalue weighted by atomic mass is 10.0. The van der Waals surface area contributed by atoms with Crippen molar-refractivity contribution in [2.75, 3.05) is 13.7 Å². The Morgan fingerprint density at radius 1 is 1.53 bits per heavy atom. The van der Waals surface area contributed by atoms with Gasteiger partial charge in [0.25, 0.3) is 0 Å². The third-order valence-corrected chi connectivity index (χ3v) is 2.44. The van der Waals surface area contributed by atoms with Crippen LogP contribution in [0.5, 0.6) is 5.75 Å². The van der Waals surface area contributed by atoms with Gasteiger partial charge in [-0.1, -0.05) is 16.7 Å². The zero-order valence-electron chi connectivity index (χ0n) is 9.12. The molecule has 0 radical (unpaired) electrons. The Balaban J connectivity index is 2.97. The number of azide groups is 1. The second-order valence-corrected chi connectivity index (χ2v) is 3.75. The summed E-state index contributed by atoms with van der Waals surface area (Å²) in [7, 11) is 1.44. The van der Waals surface area contributed by atoms with Gasteiger partial charge in [-0.3, -0.25) is 0 Å². The van der Waals surface area contributed by atoms with Crippen molar-refractivity contribution in [3.8, 4) is 5.75 Å². The number of nitrogens with zero attached hydrogens (tertiary/aromatic N) is 3. The van der Waals surface area contributed by atoms with E-state index in [1.54, 1.807) is 12.1 Å². The van der Waals surface area contributed by atoms with Gasteiger partial charge in [0.1, 0.15) is 11.9 Å². The van der Waals surface area contributed by atoms with Gasteiger partial charge < -0.3 is 14.9 Å². The molecule has 0 spiro atoms. The molecular weight excluding hydrogens is 246 g/mol. The number of hydrogen-bond donors (Lipinski definition) is 2. The first-order valence-electron chi connectivity index (χ1n) is 4.80. The van der Waals surface area contributed by atoms with Crippen molar-refractivity contribution >= 4 is 11.6 Å². The molecule has 0 fully saturated rings. The molecule has 2 N–H and O–H groups in total. The minimum absolute atomic E-state index is 0.229. The van der Waals surface area contributed by atoms with Crippen LogP contribution in [-0.4, -0.2) is 30.0 Å². The SMILES string of the molecule is COc1ccc(Cl)cc1C(O)C(O)CN=[N+]=[N-]. The van der Waals surface area contributed by atoms with Gasteiger partial charge in [-0.15, -0.1) is 0 Å². The molecule has 7 heteroatoms. The molecule has 6 nitrogen and oxygen atoms in total. The zero-order chi connectivity index (χ0) is 12.8. The minimum atomic E-state index is -1.23. The Morgan fingerprint density at radius 2 is 2.24 bits per heavy atom. The van der Waals surface area contributed by atoms with E-state index in [0.717, 1.165) is 0 Å². The number of halogens is 1. The van der Waals surface area contributed by atoms with E-state index in [9.17, 15) is 10.2 Å². The van der Waals surface area contributed by atoms with Crippen molar-refractivity contribution in [3.05, 3.63) is 39.2 Å². The highest BCUT2D eigenvalue weighted by Crippen LogP contribution is 2.30. The Labute approximate surface area is 103 Å². The highest BCUT2D eigenvalue weighted by molar-refractivity contribution is 6.30. The van der Waals surface area contributed by atoms with Crippen LogP contribution in [-0.2, 0) is 0 Å². The molecule has 2 atom stereocenters. The molecular formula is C10H12ClN3O3. The van der Waals surface area contributed by atoms with Crippen LogP contribution in [0.15, 0.2) is 23.3 Å². The lowest BCUT2D eigenvalue weighted by Gasteiger charge is -2.19. The van der Waals surface area contributed by atoms with E-state index < -0.39 is 12.2 Å². The first-order chi connectivity index (χ1) is 8.10. The summed E-state index contributed by atoms with van der Waals surface area (Å²) in [5, 5.41) is 23.1. The molecule has 1 rings (SSSR count). The number of hydrogen-bond acceptors (Lipinski definition) is 4. The molecule has 0 saturated heterocycles. The average Bonchev–Trinajstić information content (AvgIpc) is 2.34. The van der Waals surface area contributed by atoms with Crippen LogP contribution in [0.3, 0.4) is 0 Å². The first kappa shape index (κ1) is 13.6. The van der Waals surface area contributed by atoms with E-state index in [1.165, 1.54) is 13.2 Å². The molecule has 0 bridgehead atoms. The van der Waals surface area contributed by atoms with Gasteiger partial charge in [-0.2, -0.15) is 0 Å². The quantitative estimate of drug-likeness (QED) is 0.480. The maximum Gasteiger partial charge on any atom is 0.124 e. The van der Waals surface area contributed by atoms with Crippen LogP contribution in [0.25, 0.3) is 10.4 Å². The highest BCUT2D eigenvalue weighted by Gasteiger charge is 2.21. The normalized spacial score (nSPS) is 13.6. The lowest BCUT2D eigenvalue weighted by Crippen LogP contribution is -2.21. The van der Waals surface area contributed by atoms with E-state index in [2.05, 4.69) is 10.0 Å². The topological polar surface area (TPSA) is 98.5 Å². The van der Waals surface area contributed by atoms with Gasteiger partial charge in [-0.05, 0) is 23.7 Å². The monoisotopic (exact) mass is 257 g/mol. The molecule has 0 saturated carbocycles. The maximum absolute atomic E-state index is 9.88. The number of benzene rings is 1. The van der Waals surface area contributed by atoms with Gasteiger partial charge in [0, 0.05) is 15.5 Å². The van der Waals surface area contributed by atoms with Crippen LogP contribution in [0.4, 0.5) is 0 Å². The molecule has 1 aromatic rings. The van der Waals surface area contributed by atoms with Crippen molar-refractivity contribution < 1.29 is 14.9 Å². The molecule has 1 aromatic carbocycles. The molecule has 92 valence electrons. The van der Waals surface area contributed by atoms with Crippen molar-refractivity contribution in [2.45, 2.75) is 12.2 Å². The summed E-state index contributed by atoms with van der Waals surface area (Å²) in [5.74, 6) is 0.405. The van der Waals surface area contributed by atoms with Gasteiger partial charge in [0.2, 0.25) is 0 Å². The van der Waals surface area contributed by atoms with Gasteiger partial charge in [-0.25, -0.2) is 0 Å². The summed E-state index contributed by atoms with van der Waals surface area (Å²) in [6.45, 7) is -0.229. The first-order valence-corrected chi connectivity index (χ1v) is 5.18. The van der Waals surface area contributed by atoms with E-state index >= 15 is 0 Å². The number of aliphatic hydroxyl groups excluding tert-OH is 2. The van der Waals surface area contributed by atoms with Gasteiger partial charge in [0.05, 0.1) is 19.8 Å². The smallest absolute Gasteiger partial charge is 0.124 e. The predicted octanol–water partition coefficient (Wildman–Crippen LogP) is 2.05. The molecule has 0 aromatic heterocycles. The molecule has 17 heavy (non-hydrogen) atoms. The van der Waals surface area contributed by atoms with Crippen molar-refractivity contribution in [2.24, 2.45) is 5.11 Å². The third kappa shape index (κ3) is 3.51. The molecule has 0 aliphatic carbocycles. The number of aliphatic hydroxyl groups is 2. The largest absolute Gasteiger partial charge is 0.496 e. The molecule has 0 heterocycles. The second kappa shape index (κ2) is 6.32. The highest BCUT2D eigenvalue weighted by atomic mass is 35.5. The fraction of sp³-hybridized carbons (Fsp3) is 0.400. The summed E-state index contributed by atoms with van der Waals surface area (Å²) in [6.07, 6.45) is -2.44. The van der Waals surface area contributed by atoms with Crippen LogP contribution >= 0.6 is 11.6 Å². The molecule has 0 aliphatic rings. The van der Waals surface area contributed by atoms with Crippen LogP contribution in [0.2, 0.25) is 5.02 Å². The number of methoxy groups -OCH3 is 1. The molecule has 0 aliphatic heterocycles. The second-order valence-electron chi connectivity index (χ2n) is 3.31. The standard InChI is InChI=1S/C10H12ClN3O3/c1-17-9-3-2-6(11)4-7(9)10(16)8(15)5-13-14-12/h2-4,8,10,15-16H,5H2,1H3. The lowest BCUT2D eigenvalue weighted by molar-refractivity contribution is 0.0230. The fourth-order valence-corrected chi connectivity index (χ4v) is 1.54. The van der Waals surface area contributed by atoms with Gasteiger partial charge in [0.15, 0.2) is 0 Å². The Kier molecular flexibility index (Phi) is 5.06. The fourth-order valence-electron chi connectivity index (χ4n) is 1.36. The van der Waals surface area contributed by atoms with Crippen LogP contribution in [0, 0.1) is 0 Å².